The zero-order chi connectivity index (χ0) is 21.4. The van der Waals surface area contributed by atoms with Crippen molar-refractivity contribution in [3.05, 3.63) is 54.6 Å². The number of hydrogen-bond acceptors (Lipinski definition) is 7. The molecule has 30 heavy (non-hydrogen) atoms. The number of hydrogen-bond donors (Lipinski definition) is 3. The molecule has 0 saturated carbocycles. The summed E-state index contributed by atoms with van der Waals surface area (Å²) in [6.07, 6.45) is -0.592. The first kappa shape index (κ1) is 21.8. The number of nitrogens with one attached hydrogen (secondary N) is 3. The summed E-state index contributed by atoms with van der Waals surface area (Å²) < 4.78 is 32.1. The second-order valence-electron chi connectivity index (χ2n) is 5.95. The number of carbonyl (C=O) groups is 1. The van der Waals surface area contributed by atoms with Crippen LogP contribution in [0.15, 0.2) is 64.6 Å². The molecule has 11 heteroatoms. The number of benzene rings is 2. The lowest BCUT2D eigenvalue weighted by atomic mass is 10.2. The molecule has 0 fully saturated rings. The molecule has 1 heterocycles. The van der Waals surface area contributed by atoms with Gasteiger partial charge in [0, 0.05) is 23.5 Å². The van der Waals surface area contributed by atoms with Crippen LogP contribution in [-0.2, 0) is 14.8 Å². The first-order valence-electron chi connectivity index (χ1n) is 9.12. The Hall–Kier alpha value is -2.89. The molecule has 0 aliphatic carbocycles. The third kappa shape index (κ3) is 6.05. The van der Waals surface area contributed by atoms with Gasteiger partial charge in [-0.2, -0.15) is 0 Å². The summed E-state index contributed by atoms with van der Waals surface area (Å²) in [6.45, 7) is 2.16. The number of ether oxygens (including phenoxy) is 1. The number of H-pyrrole nitrogens is 1. The van der Waals surface area contributed by atoms with Gasteiger partial charge in [0.25, 0.3) is 0 Å². The number of aromatic nitrogens is 3. The molecule has 0 saturated heterocycles. The van der Waals surface area contributed by atoms with Crippen LogP contribution in [0.5, 0.6) is 0 Å². The van der Waals surface area contributed by atoms with Crippen molar-refractivity contribution >= 4 is 33.6 Å². The van der Waals surface area contributed by atoms with Gasteiger partial charge in [0.1, 0.15) is 0 Å². The van der Waals surface area contributed by atoms with Crippen LogP contribution in [0.1, 0.15) is 6.92 Å². The molecule has 2 aromatic carbocycles. The van der Waals surface area contributed by atoms with Gasteiger partial charge < -0.3 is 4.74 Å². The van der Waals surface area contributed by atoms with E-state index in [9.17, 15) is 13.2 Å². The van der Waals surface area contributed by atoms with Crippen LogP contribution in [0.3, 0.4) is 0 Å². The van der Waals surface area contributed by atoms with Gasteiger partial charge >= 0.3 is 6.09 Å². The first-order valence-corrected chi connectivity index (χ1v) is 11.6. The number of thioether (sulfide) groups is 1. The lowest BCUT2D eigenvalue weighted by molar-refractivity contribution is 0.168. The SMILES string of the molecule is CCOC(=O)Nc1ccc(S(=O)(=O)NCCSc2n[nH]c(-c3ccccc3)n2)cc1. The second kappa shape index (κ2) is 10.2. The van der Waals surface area contributed by atoms with Crippen molar-refractivity contribution in [3.63, 3.8) is 0 Å². The Balaban J connectivity index is 1.48. The van der Waals surface area contributed by atoms with Crippen LogP contribution >= 0.6 is 11.8 Å². The third-order valence-corrected chi connectivity index (χ3v) is 6.15. The van der Waals surface area contributed by atoms with E-state index in [-0.39, 0.29) is 18.0 Å². The van der Waals surface area contributed by atoms with E-state index in [0.717, 1.165) is 5.56 Å². The third-order valence-electron chi connectivity index (χ3n) is 3.82. The Kier molecular flexibility index (Phi) is 7.44. The molecule has 0 bridgehead atoms. The minimum absolute atomic E-state index is 0.103. The Morgan fingerprint density at radius 2 is 1.87 bits per heavy atom. The minimum Gasteiger partial charge on any atom is -0.450 e. The Morgan fingerprint density at radius 1 is 1.13 bits per heavy atom. The zero-order valence-corrected chi connectivity index (χ0v) is 17.8. The van der Waals surface area contributed by atoms with Crippen LogP contribution in [0.4, 0.5) is 10.5 Å². The summed E-state index contributed by atoms with van der Waals surface area (Å²) in [4.78, 5) is 15.9. The average molecular weight is 448 g/mol. The van der Waals surface area contributed by atoms with Gasteiger partial charge in [-0.15, -0.1) is 5.10 Å². The molecule has 0 radical (unpaired) electrons. The molecule has 3 rings (SSSR count). The molecular formula is C19H21N5O4S2. The number of nitrogens with zero attached hydrogens (tertiary/aromatic N) is 2. The highest BCUT2D eigenvalue weighted by Crippen LogP contribution is 2.19. The first-order chi connectivity index (χ1) is 14.5. The normalized spacial score (nSPS) is 11.2. The molecule has 9 nitrogen and oxygen atoms in total. The monoisotopic (exact) mass is 447 g/mol. The van der Waals surface area contributed by atoms with E-state index >= 15 is 0 Å². The maximum atomic E-state index is 12.4. The topological polar surface area (TPSA) is 126 Å². The largest absolute Gasteiger partial charge is 0.450 e. The number of rotatable bonds is 9. The standard InChI is InChI=1S/C19H21N5O4S2/c1-2-28-19(25)21-15-8-10-16(11-9-15)30(26,27)20-12-13-29-18-22-17(23-24-18)14-6-4-3-5-7-14/h3-11,20H,2,12-13H2,1H3,(H,21,25)(H,22,23,24). The summed E-state index contributed by atoms with van der Waals surface area (Å²) in [7, 11) is -3.66. The van der Waals surface area contributed by atoms with Crippen molar-refractivity contribution in [1.29, 1.82) is 0 Å². The van der Waals surface area contributed by atoms with E-state index in [1.165, 1.54) is 36.0 Å². The molecule has 0 unspecified atom stereocenters. The highest BCUT2D eigenvalue weighted by atomic mass is 32.2. The summed E-state index contributed by atoms with van der Waals surface area (Å²) in [6, 6.07) is 15.4. The van der Waals surface area contributed by atoms with Crippen molar-refractivity contribution in [2.75, 3.05) is 24.2 Å². The molecule has 0 spiro atoms. The van der Waals surface area contributed by atoms with E-state index < -0.39 is 16.1 Å². The van der Waals surface area contributed by atoms with Gasteiger partial charge in [-0.25, -0.2) is 22.9 Å². The lowest BCUT2D eigenvalue weighted by Crippen LogP contribution is -2.26. The van der Waals surface area contributed by atoms with Gasteiger partial charge in [-0.3, -0.25) is 10.4 Å². The highest BCUT2D eigenvalue weighted by Gasteiger charge is 2.14. The molecule has 0 aliphatic rings. The highest BCUT2D eigenvalue weighted by molar-refractivity contribution is 7.99. The molecule has 158 valence electrons. The van der Waals surface area contributed by atoms with E-state index in [1.54, 1.807) is 6.92 Å². The summed E-state index contributed by atoms with van der Waals surface area (Å²) in [5, 5.41) is 10.1. The van der Waals surface area contributed by atoms with Crippen molar-refractivity contribution in [2.45, 2.75) is 17.0 Å². The van der Waals surface area contributed by atoms with Crippen LogP contribution in [0.25, 0.3) is 11.4 Å². The van der Waals surface area contributed by atoms with Gasteiger partial charge in [-0.05, 0) is 31.2 Å². The van der Waals surface area contributed by atoms with Gasteiger partial charge in [0.05, 0.1) is 11.5 Å². The Bertz CT molecular complexity index is 1070. The van der Waals surface area contributed by atoms with Gasteiger partial charge in [-0.1, -0.05) is 42.1 Å². The summed E-state index contributed by atoms with van der Waals surface area (Å²) in [5.41, 5.74) is 1.38. The second-order valence-corrected chi connectivity index (χ2v) is 8.78. The fourth-order valence-corrected chi connectivity index (χ4v) is 4.25. The molecule has 3 aromatic rings. The molecule has 0 aliphatic heterocycles. The maximum Gasteiger partial charge on any atom is 0.411 e. The van der Waals surface area contributed by atoms with Gasteiger partial charge in [0.15, 0.2) is 5.82 Å². The fraction of sp³-hybridized carbons (Fsp3) is 0.211. The predicted octanol–water partition coefficient (Wildman–Crippen LogP) is 3.11. The molecule has 3 N–H and O–H groups in total. The number of anilines is 1. The van der Waals surface area contributed by atoms with E-state index in [0.29, 0.717) is 22.4 Å². The van der Waals surface area contributed by atoms with E-state index in [2.05, 4.69) is 25.2 Å². The smallest absolute Gasteiger partial charge is 0.411 e. The predicted molar refractivity (Wildman–Crippen MR) is 115 cm³/mol. The van der Waals surface area contributed by atoms with E-state index in [1.807, 2.05) is 30.3 Å². The van der Waals surface area contributed by atoms with Crippen molar-refractivity contribution in [2.24, 2.45) is 0 Å². The molecule has 0 atom stereocenters. The lowest BCUT2D eigenvalue weighted by Gasteiger charge is -2.08. The minimum atomic E-state index is -3.66. The average Bonchev–Trinajstić information content (AvgIpc) is 3.21. The van der Waals surface area contributed by atoms with Crippen molar-refractivity contribution in [1.82, 2.24) is 19.9 Å². The fourth-order valence-electron chi connectivity index (χ4n) is 2.44. The van der Waals surface area contributed by atoms with Gasteiger partial charge in [0.2, 0.25) is 15.2 Å². The Morgan fingerprint density at radius 3 is 2.57 bits per heavy atom. The zero-order valence-electron chi connectivity index (χ0n) is 16.2. The quantitative estimate of drug-likeness (QED) is 0.340. The molecule has 1 amide bonds. The number of carbonyl (C=O) groups excluding carboxylic acids is 1. The Labute approximate surface area is 178 Å². The summed E-state index contributed by atoms with van der Waals surface area (Å²) in [5.74, 6) is 1.13. The molecule has 1 aromatic heterocycles. The summed E-state index contributed by atoms with van der Waals surface area (Å²) >= 11 is 1.34. The van der Waals surface area contributed by atoms with E-state index in [4.69, 9.17) is 4.74 Å². The van der Waals surface area contributed by atoms with Crippen LogP contribution < -0.4 is 10.0 Å². The maximum absolute atomic E-state index is 12.4. The van der Waals surface area contributed by atoms with Crippen LogP contribution in [0, 0.1) is 0 Å². The number of aromatic amines is 1. The number of sulfonamides is 1. The van der Waals surface area contributed by atoms with Crippen LogP contribution in [0.2, 0.25) is 0 Å². The number of amides is 1. The van der Waals surface area contributed by atoms with Crippen molar-refractivity contribution in [3.8, 4) is 11.4 Å². The van der Waals surface area contributed by atoms with Crippen molar-refractivity contribution < 1.29 is 17.9 Å². The molecular weight excluding hydrogens is 426 g/mol. The van der Waals surface area contributed by atoms with Crippen LogP contribution in [-0.4, -0.2) is 48.6 Å².